The molecule has 0 heterocycles. The van der Waals surface area contributed by atoms with Crippen LogP contribution >= 0.6 is 0 Å². The minimum absolute atomic E-state index is 0.122. The molecule has 150 valence electrons. The van der Waals surface area contributed by atoms with Gasteiger partial charge in [0.25, 0.3) is 0 Å². The van der Waals surface area contributed by atoms with Crippen molar-refractivity contribution in [2.45, 2.75) is 73.0 Å². The average Bonchev–Trinajstić information content (AvgIpc) is 2.52. The minimum atomic E-state index is -0.844. The van der Waals surface area contributed by atoms with Crippen molar-refractivity contribution in [3.63, 3.8) is 0 Å². The van der Waals surface area contributed by atoms with Gasteiger partial charge < -0.3 is 21.7 Å². The third-order valence-electron chi connectivity index (χ3n) is 4.37. The summed E-state index contributed by atoms with van der Waals surface area (Å²) < 4.78 is 0. The maximum atomic E-state index is 12.6. The maximum absolute atomic E-state index is 12.6. The number of nitrogens with two attached hydrogens (primary N) is 1. The Balaban J connectivity index is 5.27. The summed E-state index contributed by atoms with van der Waals surface area (Å²) in [5.41, 5.74) is 5.39. The molecule has 0 aliphatic rings. The highest BCUT2D eigenvalue weighted by atomic mass is 16.2. The quantitative estimate of drug-likeness (QED) is 0.441. The Kier molecular flexibility index (Phi) is 9.90. The lowest BCUT2D eigenvalue weighted by atomic mass is 9.96. The van der Waals surface area contributed by atoms with Crippen LogP contribution in [0.15, 0.2) is 0 Å². The number of carbonyl (C=O) groups is 4. The van der Waals surface area contributed by atoms with E-state index in [1.807, 2.05) is 13.8 Å². The van der Waals surface area contributed by atoms with Gasteiger partial charge in [-0.2, -0.15) is 0 Å². The standard InChI is InChI=1S/C18H34N4O4/c1-8-11(6)15(16(19)24)22-18(26)14(10(4)5)21-17(25)13(9(2)3)20-12(7)23/h9-11,13-15H,8H2,1-7H3,(H2,19,24)(H,20,23)(H,21,25)(H,22,26). The highest BCUT2D eigenvalue weighted by Crippen LogP contribution is 2.10. The Morgan fingerprint density at radius 2 is 1.15 bits per heavy atom. The normalized spacial score (nSPS) is 15.7. The molecular formula is C18H34N4O4. The largest absolute Gasteiger partial charge is 0.368 e. The van der Waals surface area contributed by atoms with Crippen molar-refractivity contribution >= 4 is 23.6 Å². The average molecular weight is 370 g/mol. The second-order valence-electron chi connectivity index (χ2n) is 7.43. The smallest absolute Gasteiger partial charge is 0.243 e. The third kappa shape index (κ3) is 7.41. The second-order valence-corrected chi connectivity index (χ2v) is 7.43. The minimum Gasteiger partial charge on any atom is -0.368 e. The molecule has 4 atom stereocenters. The van der Waals surface area contributed by atoms with Gasteiger partial charge in [-0.15, -0.1) is 0 Å². The van der Waals surface area contributed by atoms with Crippen molar-refractivity contribution < 1.29 is 19.2 Å². The van der Waals surface area contributed by atoms with E-state index in [2.05, 4.69) is 16.0 Å². The molecule has 0 fully saturated rings. The summed E-state index contributed by atoms with van der Waals surface area (Å²) in [4.78, 5) is 48.2. The van der Waals surface area contributed by atoms with E-state index in [1.165, 1.54) is 6.92 Å². The molecule has 0 spiro atoms. The van der Waals surface area contributed by atoms with Crippen molar-refractivity contribution in [3.8, 4) is 0 Å². The van der Waals surface area contributed by atoms with Gasteiger partial charge in [0.05, 0.1) is 0 Å². The maximum Gasteiger partial charge on any atom is 0.243 e. The molecule has 0 rings (SSSR count). The first-order chi connectivity index (χ1) is 11.9. The Morgan fingerprint density at radius 1 is 0.769 bits per heavy atom. The molecule has 0 saturated heterocycles. The Bertz CT molecular complexity index is 519. The van der Waals surface area contributed by atoms with Gasteiger partial charge in [-0.1, -0.05) is 48.0 Å². The van der Waals surface area contributed by atoms with Gasteiger partial charge in [0.1, 0.15) is 18.1 Å². The van der Waals surface area contributed by atoms with Crippen LogP contribution in [-0.4, -0.2) is 41.8 Å². The molecule has 4 amide bonds. The number of hydrogen-bond donors (Lipinski definition) is 4. The Labute approximate surface area is 156 Å². The number of carbonyl (C=O) groups excluding carboxylic acids is 4. The third-order valence-corrected chi connectivity index (χ3v) is 4.37. The van der Waals surface area contributed by atoms with Crippen molar-refractivity contribution in [3.05, 3.63) is 0 Å². The molecule has 0 aromatic carbocycles. The van der Waals surface area contributed by atoms with E-state index in [0.29, 0.717) is 6.42 Å². The Hall–Kier alpha value is -2.12. The van der Waals surface area contributed by atoms with E-state index in [1.54, 1.807) is 27.7 Å². The molecule has 8 nitrogen and oxygen atoms in total. The van der Waals surface area contributed by atoms with Gasteiger partial charge in [0, 0.05) is 6.92 Å². The fourth-order valence-corrected chi connectivity index (χ4v) is 2.50. The first kappa shape index (κ1) is 23.9. The van der Waals surface area contributed by atoms with Gasteiger partial charge >= 0.3 is 0 Å². The predicted molar refractivity (Wildman–Crippen MR) is 99.8 cm³/mol. The summed E-state index contributed by atoms with van der Waals surface area (Å²) in [5.74, 6) is -2.33. The number of nitrogens with one attached hydrogen (secondary N) is 3. The van der Waals surface area contributed by atoms with Crippen LogP contribution < -0.4 is 21.7 Å². The molecule has 0 bridgehead atoms. The summed E-state index contributed by atoms with van der Waals surface area (Å²) in [5, 5.41) is 7.93. The van der Waals surface area contributed by atoms with Crippen LogP contribution in [0.4, 0.5) is 0 Å². The van der Waals surface area contributed by atoms with Crippen molar-refractivity contribution in [2.24, 2.45) is 23.5 Å². The molecule has 0 aliphatic carbocycles. The zero-order valence-corrected chi connectivity index (χ0v) is 16.9. The van der Waals surface area contributed by atoms with Crippen LogP contribution in [-0.2, 0) is 19.2 Å². The lowest BCUT2D eigenvalue weighted by Crippen LogP contribution is -2.59. The number of hydrogen-bond acceptors (Lipinski definition) is 4. The Morgan fingerprint density at radius 3 is 1.46 bits per heavy atom. The van der Waals surface area contributed by atoms with E-state index in [-0.39, 0.29) is 23.7 Å². The molecule has 0 aromatic rings. The zero-order chi connectivity index (χ0) is 20.6. The summed E-state index contributed by atoms with van der Waals surface area (Å²) in [6.07, 6.45) is 0.671. The van der Waals surface area contributed by atoms with Crippen LogP contribution in [0.2, 0.25) is 0 Å². The molecule has 0 radical (unpaired) electrons. The SMILES string of the molecule is CCC(C)C(NC(=O)C(NC(=O)C(NC(C)=O)C(C)C)C(C)C)C(N)=O. The van der Waals surface area contributed by atoms with E-state index < -0.39 is 35.8 Å². The molecule has 4 unspecified atom stereocenters. The topological polar surface area (TPSA) is 130 Å². The monoisotopic (exact) mass is 370 g/mol. The highest BCUT2D eigenvalue weighted by Gasteiger charge is 2.32. The molecular weight excluding hydrogens is 336 g/mol. The fourth-order valence-electron chi connectivity index (χ4n) is 2.50. The van der Waals surface area contributed by atoms with Gasteiger partial charge in [-0.3, -0.25) is 19.2 Å². The summed E-state index contributed by atoms with van der Waals surface area (Å²) in [6, 6.07) is -2.40. The molecule has 5 N–H and O–H groups in total. The highest BCUT2D eigenvalue weighted by molar-refractivity contribution is 5.94. The van der Waals surface area contributed by atoms with E-state index in [9.17, 15) is 19.2 Å². The zero-order valence-electron chi connectivity index (χ0n) is 16.9. The second kappa shape index (κ2) is 10.8. The van der Waals surface area contributed by atoms with Crippen molar-refractivity contribution in [2.75, 3.05) is 0 Å². The fraction of sp³-hybridized carbons (Fsp3) is 0.778. The molecule has 0 saturated carbocycles. The van der Waals surface area contributed by atoms with Crippen LogP contribution in [0.1, 0.15) is 54.9 Å². The lowest BCUT2D eigenvalue weighted by Gasteiger charge is -2.29. The van der Waals surface area contributed by atoms with Crippen LogP contribution in [0.5, 0.6) is 0 Å². The summed E-state index contributed by atoms with van der Waals surface area (Å²) in [6.45, 7) is 12.2. The van der Waals surface area contributed by atoms with Crippen molar-refractivity contribution in [1.82, 2.24) is 16.0 Å². The van der Waals surface area contributed by atoms with Crippen LogP contribution in [0.25, 0.3) is 0 Å². The summed E-state index contributed by atoms with van der Waals surface area (Å²) in [7, 11) is 0. The van der Waals surface area contributed by atoms with Gasteiger partial charge in [-0.05, 0) is 17.8 Å². The predicted octanol–water partition coefficient (Wildman–Crippen LogP) is 0.304. The first-order valence-electron chi connectivity index (χ1n) is 9.09. The van der Waals surface area contributed by atoms with E-state index in [4.69, 9.17) is 5.73 Å². The van der Waals surface area contributed by atoms with Crippen LogP contribution in [0, 0.1) is 17.8 Å². The van der Waals surface area contributed by atoms with E-state index in [0.717, 1.165) is 0 Å². The van der Waals surface area contributed by atoms with Gasteiger partial charge in [0.2, 0.25) is 23.6 Å². The number of amides is 4. The molecule has 0 aliphatic heterocycles. The van der Waals surface area contributed by atoms with E-state index >= 15 is 0 Å². The molecule has 8 heteroatoms. The number of primary amides is 1. The first-order valence-corrected chi connectivity index (χ1v) is 9.09. The summed E-state index contributed by atoms with van der Waals surface area (Å²) >= 11 is 0. The van der Waals surface area contributed by atoms with Crippen molar-refractivity contribution in [1.29, 1.82) is 0 Å². The number of rotatable bonds is 10. The molecule has 26 heavy (non-hydrogen) atoms. The van der Waals surface area contributed by atoms with Gasteiger partial charge in [0.15, 0.2) is 0 Å². The van der Waals surface area contributed by atoms with Crippen LogP contribution in [0.3, 0.4) is 0 Å². The van der Waals surface area contributed by atoms with Gasteiger partial charge in [-0.25, -0.2) is 0 Å². The lowest BCUT2D eigenvalue weighted by molar-refractivity contribution is -0.135. The molecule has 0 aromatic heterocycles.